The molecule has 5 aromatic rings. The van der Waals surface area contributed by atoms with Gasteiger partial charge in [0.25, 0.3) is 23.6 Å². The fourth-order valence-corrected chi connectivity index (χ4v) is 6.60. The molecule has 4 N–H and O–H groups in total. The van der Waals surface area contributed by atoms with Crippen molar-refractivity contribution in [2.24, 2.45) is 20.5 Å². The van der Waals surface area contributed by atoms with Gasteiger partial charge >= 0.3 is 0 Å². The lowest BCUT2D eigenvalue weighted by Crippen LogP contribution is -2.32. The average Bonchev–Trinajstić information content (AvgIpc) is 3.25. The van der Waals surface area contributed by atoms with Gasteiger partial charge in [-0.3, -0.25) is 28.8 Å². The molecule has 0 aliphatic carbocycles. The minimum atomic E-state index is -1.64. The molecule has 0 spiro atoms. The first-order valence-corrected chi connectivity index (χ1v) is 21.6. The number of alkyl halides is 3. The van der Waals surface area contributed by atoms with Gasteiger partial charge in [0.15, 0.2) is 17.6 Å². The summed E-state index contributed by atoms with van der Waals surface area (Å²) in [6.07, 6.45) is 0. The molecule has 5 rings (SSSR count). The number of hydrogen-bond acceptors (Lipinski definition) is 11. The number of amides is 4. The Morgan fingerprint density at radius 1 is 0.569 bits per heavy atom. The van der Waals surface area contributed by atoms with Crippen molar-refractivity contribution in [1.29, 1.82) is 0 Å². The maximum absolute atomic E-state index is 13.4. The topological polar surface area (TPSA) is 209 Å². The molecule has 0 heterocycles. The van der Waals surface area contributed by atoms with Crippen LogP contribution in [0.4, 0.5) is 34.1 Å². The number of ketones is 2. The van der Waals surface area contributed by atoms with Crippen molar-refractivity contribution in [2.75, 3.05) is 27.3 Å². The highest BCUT2D eigenvalue weighted by Crippen LogP contribution is 2.31. The molecule has 4 amide bonds. The van der Waals surface area contributed by atoms with Gasteiger partial charge in [0.05, 0.1) is 49.0 Å². The monoisotopic (exact) mass is 978 g/mol. The standard InChI is InChI=1S/C45H39Cl5N8O7/c1-23(47)27-7-5-9-29(17-27)51-42(61)34-19-32(11-14-36(34)49)55-57-40(25(3)59)44(63)53-31-13-16-38(39(21-31)65-22-46)54-45(64)41(26(4)60)58-56-33-12-15-37(50)35(20-33)43(62)52-30-10-6-8-28(18-30)24(2)48/h5-21,23-24,40-41H,22H2,1-4H3,(H,51,61)(H,52,62)(H,53,63)(H,54,64). The number of Topliss-reactive ketones (excluding diaryl/α,β-unsaturated/α-hetero) is 2. The molecule has 0 aromatic heterocycles. The molecule has 0 saturated carbocycles. The van der Waals surface area contributed by atoms with Crippen LogP contribution in [0.15, 0.2) is 124 Å². The normalized spacial score (nSPS) is 13.1. The van der Waals surface area contributed by atoms with E-state index in [0.717, 1.165) is 25.0 Å². The van der Waals surface area contributed by atoms with Crippen molar-refractivity contribution in [1.82, 2.24) is 0 Å². The Hall–Kier alpha value is -6.23. The lowest BCUT2D eigenvalue weighted by atomic mass is 10.1. The van der Waals surface area contributed by atoms with Crippen molar-refractivity contribution in [3.8, 4) is 5.75 Å². The van der Waals surface area contributed by atoms with E-state index >= 15 is 0 Å². The third-order valence-corrected chi connectivity index (χ3v) is 10.4. The number of hydrogen-bond donors (Lipinski definition) is 4. The molecule has 20 heteroatoms. The molecule has 0 bridgehead atoms. The van der Waals surface area contributed by atoms with Crippen molar-refractivity contribution in [3.63, 3.8) is 0 Å². The number of rotatable bonds is 18. The van der Waals surface area contributed by atoms with Crippen LogP contribution < -0.4 is 26.0 Å². The summed E-state index contributed by atoms with van der Waals surface area (Å²) >= 11 is 30.9. The maximum atomic E-state index is 13.4. The second-order valence-electron chi connectivity index (χ2n) is 14.1. The number of ether oxygens (including phenoxy) is 1. The lowest BCUT2D eigenvalue weighted by Gasteiger charge is -2.15. The zero-order valence-corrected chi connectivity index (χ0v) is 38.6. The first-order chi connectivity index (χ1) is 30.9. The Balaban J connectivity index is 1.27. The predicted molar refractivity (Wildman–Crippen MR) is 253 cm³/mol. The van der Waals surface area contributed by atoms with Crippen molar-refractivity contribution < 1.29 is 33.5 Å². The van der Waals surface area contributed by atoms with Gasteiger partial charge in [0.1, 0.15) is 5.75 Å². The highest BCUT2D eigenvalue weighted by molar-refractivity contribution is 6.35. The summed E-state index contributed by atoms with van der Waals surface area (Å²) in [5.74, 6) is -4.20. The van der Waals surface area contributed by atoms with Gasteiger partial charge in [-0.2, -0.15) is 20.5 Å². The summed E-state index contributed by atoms with van der Waals surface area (Å²) < 4.78 is 5.49. The van der Waals surface area contributed by atoms with Crippen LogP contribution in [-0.2, 0) is 19.2 Å². The van der Waals surface area contributed by atoms with E-state index in [1.165, 1.54) is 54.6 Å². The number of azo groups is 2. The number of carbonyl (C=O) groups is 6. The molecular weight excluding hydrogens is 942 g/mol. The first-order valence-electron chi connectivity index (χ1n) is 19.4. The second kappa shape index (κ2) is 23.1. The van der Waals surface area contributed by atoms with Gasteiger partial charge < -0.3 is 26.0 Å². The Morgan fingerprint density at radius 2 is 1.02 bits per heavy atom. The quantitative estimate of drug-likeness (QED) is 0.0379. The Labute approximate surface area is 398 Å². The largest absolute Gasteiger partial charge is 0.476 e. The van der Waals surface area contributed by atoms with Crippen LogP contribution in [0.25, 0.3) is 0 Å². The van der Waals surface area contributed by atoms with Crippen molar-refractivity contribution in [2.45, 2.75) is 50.5 Å². The summed E-state index contributed by atoms with van der Waals surface area (Å²) in [5.41, 5.74) is 3.09. The van der Waals surface area contributed by atoms with Gasteiger partial charge in [-0.1, -0.05) is 59.1 Å². The predicted octanol–water partition coefficient (Wildman–Crippen LogP) is 12.0. The highest BCUT2D eigenvalue weighted by atomic mass is 35.5. The summed E-state index contributed by atoms with van der Waals surface area (Å²) in [5, 5.41) is 26.3. The average molecular weight is 981 g/mol. The van der Waals surface area contributed by atoms with Crippen LogP contribution in [0, 0.1) is 0 Å². The molecule has 4 atom stereocenters. The number of carbonyl (C=O) groups excluding carboxylic acids is 6. The van der Waals surface area contributed by atoms with Gasteiger partial charge in [-0.15, -0.1) is 23.2 Å². The molecule has 0 saturated heterocycles. The summed E-state index contributed by atoms with van der Waals surface area (Å²) in [6, 6.07) is 22.8. The van der Waals surface area contributed by atoms with E-state index in [1.807, 2.05) is 12.1 Å². The smallest absolute Gasteiger partial charge is 0.258 e. The molecule has 65 heavy (non-hydrogen) atoms. The number of nitrogens with zero attached hydrogens (tertiary/aromatic N) is 4. The molecule has 0 aliphatic heterocycles. The van der Waals surface area contributed by atoms with Crippen molar-refractivity contribution in [3.05, 3.63) is 135 Å². The van der Waals surface area contributed by atoms with E-state index in [0.29, 0.717) is 11.4 Å². The SMILES string of the molecule is CC(=O)C(N=Nc1ccc(Cl)c(C(=O)Nc2cccc(C(C)Cl)c2)c1)C(=O)Nc1ccc(NC(=O)C(N=Nc2ccc(Cl)c(C(=O)Nc3cccc(C(C)Cl)c3)c2)C(C)=O)c(OCCl)c1. The van der Waals surface area contributed by atoms with E-state index < -0.39 is 47.3 Å². The van der Waals surface area contributed by atoms with Gasteiger partial charge in [-0.05, 0) is 112 Å². The number of halogens is 5. The minimum absolute atomic E-state index is 0.0262. The molecule has 4 unspecified atom stereocenters. The third kappa shape index (κ3) is 13.9. The zero-order valence-electron chi connectivity index (χ0n) is 34.9. The van der Waals surface area contributed by atoms with Gasteiger partial charge in [0, 0.05) is 23.1 Å². The number of nitrogens with one attached hydrogen (secondary N) is 4. The minimum Gasteiger partial charge on any atom is -0.476 e. The Bertz CT molecular complexity index is 2700. The number of anilines is 4. The third-order valence-electron chi connectivity index (χ3n) is 9.16. The van der Waals surface area contributed by atoms with Crippen molar-refractivity contribution >= 4 is 127 Å². The van der Waals surface area contributed by atoms with E-state index in [-0.39, 0.29) is 66.5 Å². The maximum Gasteiger partial charge on any atom is 0.258 e. The van der Waals surface area contributed by atoms with Crippen LogP contribution in [0.1, 0.15) is 70.3 Å². The van der Waals surface area contributed by atoms with Crippen LogP contribution in [0.3, 0.4) is 0 Å². The Morgan fingerprint density at radius 3 is 1.45 bits per heavy atom. The molecule has 5 aromatic carbocycles. The highest BCUT2D eigenvalue weighted by Gasteiger charge is 2.27. The molecule has 0 radical (unpaired) electrons. The molecule has 0 aliphatic rings. The van der Waals surface area contributed by atoms with Gasteiger partial charge in [-0.25, -0.2) is 0 Å². The van der Waals surface area contributed by atoms with Crippen LogP contribution in [0.2, 0.25) is 10.0 Å². The van der Waals surface area contributed by atoms with E-state index in [2.05, 4.69) is 41.7 Å². The molecule has 15 nitrogen and oxygen atoms in total. The summed E-state index contributed by atoms with van der Waals surface area (Å²) in [6.45, 7) is 5.89. The van der Waals surface area contributed by atoms with E-state index in [9.17, 15) is 28.8 Å². The first kappa shape index (κ1) is 49.8. The van der Waals surface area contributed by atoms with E-state index in [1.54, 1.807) is 50.2 Å². The molecular formula is C45H39Cl5N8O7. The number of benzene rings is 5. The van der Waals surface area contributed by atoms with Gasteiger partial charge in [0.2, 0.25) is 12.1 Å². The van der Waals surface area contributed by atoms with Crippen LogP contribution in [0.5, 0.6) is 5.75 Å². The van der Waals surface area contributed by atoms with Crippen LogP contribution in [-0.4, -0.2) is 53.3 Å². The van der Waals surface area contributed by atoms with Crippen LogP contribution >= 0.6 is 58.0 Å². The Kier molecular flexibility index (Phi) is 17.7. The lowest BCUT2D eigenvalue weighted by molar-refractivity contribution is -0.127. The fourth-order valence-electron chi connectivity index (χ4n) is 5.80. The molecule has 336 valence electrons. The zero-order chi connectivity index (χ0) is 47.4. The fraction of sp³-hybridized carbons (Fsp3) is 0.200. The summed E-state index contributed by atoms with van der Waals surface area (Å²) in [4.78, 5) is 78.3. The molecule has 0 fully saturated rings. The van der Waals surface area contributed by atoms with E-state index in [4.69, 9.17) is 62.7 Å². The second-order valence-corrected chi connectivity index (χ2v) is 16.5. The summed E-state index contributed by atoms with van der Waals surface area (Å²) in [7, 11) is 0.